The Bertz CT molecular complexity index is 1000. The first-order valence-corrected chi connectivity index (χ1v) is 10.1. The second-order valence-electron chi connectivity index (χ2n) is 5.74. The number of nitrogens with two attached hydrogens (primary N) is 1. The predicted octanol–water partition coefficient (Wildman–Crippen LogP) is 2.89. The van der Waals surface area contributed by atoms with Gasteiger partial charge in [-0.05, 0) is 53.9 Å². The van der Waals surface area contributed by atoms with Crippen LogP contribution in [0.15, 0.2) is 40.6 Å². The van der Waals surface area contributed by atoms with Gasteiger partial charge in [0.2, 0.25) is 5.91 Å². The fourth-order valence-corrected chi connectivity index (χ4v) is 3.89. The minimum Gasteiger partial charge on any atom is -0.490 e. The van der Waals surface area contributed by atoms with Gasteiger partial charge in [-0.1, -0.05) is 12.1 Å². The zero-order valence-electron chi connectivity index (χ0n) is 15.2. The fraction of sp³-hybridized carbons (Fsp3) is 0.158. The molecule has 1 fully saturated rings. The van der Waals surface area contributed by atoms with Crippen molar-refractivity contribution < 1.29 is 28.7 Å². The second kappa shape index (κ2) is 8.93. The molecule has 10 heteroatoms. The molecule has 1 aliphatic rings. The third kappa shape index (κ3) is 4.84. The molecule has 0 unspecified atom stereocenters. The molecule has 3 rings (SSSR count). The summed E-state index contributed by atoms with van der Waals surface area (Å²) >= 11 is 1.98. The van der Waals surface area contributed by atoms with E-state index in [2.05, 4.69) is 0 Å². The molecule has 1 aromatic heterocycles. The van der Waals surface area contributed by atoms with E-state index in [0.717, 1.165) is 4.90 Å². The average Bonchev–Trinajstić information content (AvgIpc) is 3.29. The van der Waals surface area contributed by atoms with Crippen molar-refractivity contribution in [3.63, 3.8) is 0 Å². The number of ether oxygens (including phenoxy) is 2. The molecular formula is C19H16N2O6S2. The maximum Gasteiger partial charge on any atom is 0.353 e. The van der Waals surface area contributed by atoms with Crippen LogP contribution in [0.25, 0.3) is 6.08 Å². The number of carbonyl (C=O) groups excluding carboxylic acids is 4. The normalized spacial score (nSPS) is 15.1. The number of imide groups is 1. The Morgan fingerprint density at radius 1 is 1.21 bits per heavy atom. The molecule has 0 saturated carbocycles. The summed E-state index contributed by atoms with van der Waals surface area (Å²) < 4.78 is 11.0. The molecule has 8 nitrogen and oxygen atoms in total. The van der Waals surface area contributed by atoms with E-state index in [0.29, 0.717) is 34.6 Å². The molecule has 3 amide bonds. The smallest absolute Gasteiger partial charge is 0.353 e. The summed E-state index contributed by atoms with van der Waals surface area (Å²) in [5, 5.41) is 1.21. The number of rotatable bonds is 7. The van der Waals surface area contributed by atoms with Crippen LogP contribution in [0, 0.1) is 0 Å². The summed E-state index contributed by atoms with van der Waals surface area (Å²) in [6, 6.07) is 8.18. The summed E-state index contributed by atoms with van der Waals surface area (Å²) in [5.41, 5.74) is 5.63. The molecule has 150 valence electrons. The highest BCUT2D eigenvalue weighted by atomic mass is 32.2. The molecule has 0 atom stereocenters. The lowest BCUT2D eigenvalue weighted by molar-refractivity contribution is -0.127. The summed E-state index contributed by atoms with van der Waals surface area (Å²) in [4.78, 5) is 48.9. The molecule has 1 aliphatic heterocycles. The Labute approximate surface area is 174 Å². The Balaban J connectivity index is 1.84. The quantitative estimate of drug-likeness (QED) is 0.406. The van der Waals surface area contributed by atoms with Crippen molar-refractivity contribution in [1.82, 2.24) is 4.90 Å². The van der Waals surface area contributed by atoms with Gasteiger partial charge in [0, 0.05) is 0 Å². The van der Waals surface area contributed by atoms with E-state index < -0.39 is 29.6 Å². The maximum absolute atomic E-state index is 12.3. The highest BCUT2D eigenvalue weighted by Gasteiger charge is 2.35. The summed E-state index contributed by atoms with van der Waals surface area (Å²) in [6.07, 6.45) is 1.50. The number of thiophene rings is 1. The number of hydrogen-bond acceptors (Lipinski definition) is 8. The molecule has 0 bridgehead atoms. The predicted molar refractivity (Wildman–Crippen MR) is 109 cm³/mol. The molecule has 29 heavy (non-hydrogen) atoms. The van der Waals surface area contributed by atoms with Crippen molar-refractivity contribution in [1.29, 1.82) is 0 Å². The Kier molecular flexibility index (Phi) is 6.35. The molecular weight excluding hydrogens is 416 g/mol. The first kappa shape index (κ1) is 20.6. The Morgan fingerprint density at radius 2 is 2.00 bits per heavy atom. The van der Waals surface area contributed by atoms with E-state index in [1.165, 1.54) is 17.4 Å². The monoisotopic (exact) mass is 432 g/mol. The number of thioether (sulfide) groups is 1. The maximum atomic E-state index is 12.3. The molecule has 2 aromatic rings. The lowest BCUT2D eigenvalue weighted by atomic mass is 10.2. The van der Waals surface area contributed by atoms with Crippen LogP contribution in [0.2, 0.25) is 0 Å². The zero-order valence-corrected chi connectivity index (χ0v) is 16.9. The molecule has 0 radical (unpaired) electrons. The van der Waals surface area contributed by atoms with Crippen LogP contribution in [0.4, 0.5) is 4.79 Å². The lowest BCUT2D eigenvalue weighted by Crippen LogP contribution is -2.36. The van der Waals surface area contributed by atoms with Gasteiger partial charge in [-0.2, -0.15) is 0 Å². The minimum atomic E-state index is -0.774. The van der Waals surface area contributed by atoms with Crippen LogP contribution in [-0.2, 0) is 9.59 Å². The van der Waals surface area contributed by atoms with E-state index in [9.17, 15) is 19.2 Å². The minimum absolute atomic E-state index is 0.155. The average molecular weight is 432 g/mol. The van der Waals surface area contributed by atoms with E-state index in [1.54, 1.807) is 42.6 Å². The topological polar surface area (TPSA) is 116 Å². The van der Waals surface area contributed by atoms with Crippen molar-refractivity contribution >= 4 is 52.2 Å². The molecule has 2 N–H and O–H groups in total. The third-order valence-electron chi connectivity index (χ3n) is 3.68. The molecule has 0 aliphatic carbocycles. The highest BCUT2D eigenvalue weighted by molar-refractivity contribution is 8.18. The van der Waals surface area contributed by atoms with Gasteiger partial charge in [0.25, 0.3) is 11.1 Å². The molecule has 1 aromatic carbocycles. The number of amides is 3. The van der Waals surface area contributed by atoms with Crippen LogP contribution >= 0.6 is 23.1 Å². The standard InChI is InChI=1S/C19H16N2O6S2/c1-2-26-13-8-11(5-6-12(13)27-18(24)14-4-3-7-28-14)9-15-17(23)21(10-16(20)22)19(25)29-15/h3-9H,2,10H2,1H3,(H2,20,22)/b15-9-. The summed E-state index contributed by atoms with van der Waals surface area (Å²) in [7, 11) is 0. The second-order valence-corrected chi connectivity index (χ2v) is 7.68. The largest absolute Gasteiger partial charge is 0.490 e. The van der Waals surface area contributed by atoms with E-state index >= 15 is 0 Å². The van der Waals surface area contributed by atoms with Crippen molar-refractivity contribution in [2.24, 2.45) is 5.73 Å². The van der Waals surface area contributed by atoms with Crippen molar-refractivity contribution in [3.05, 3.63) is 51.1 Å². The number of carbonyl (C=O) groups is 4. The van der Waals surface area contributed by atoms with Gasteiger partial charge in [0.1, 0.15) is 11.4 Å². The first-order valence-electron chi connectivity index (χ1n) is 8.45. The first-order chi connectivity index (χ1) is 13.9. The van der Waals surface area contributed by atoms with E-state index in [4.69, 9.17) is 15.2 Å². The number of primary amides is 1. The number of esters is 1. The third-order valence-corrected chi connectivity index (χ3v) is 5.44. The van der Waals surface area contributed by atoms with Crippen molar-refractivity contribution in [2.75, 3.05) is 13.2 Å². The molecule has 1 saturated heterocycles. The van der Waals surface area contributed by atoms with Gasteiger partial charge in [0.05, 0.1) is 11.5 Å². The van der Waals surface area contributed by atoms with Crippen LogP contribution in [-0.4, -0.2) is 41.1 Å². The SMILES string of the molecule is CCOc1cc(/C=C2\SC(=O)N(CC(N)=O)C2=O)ccc1OC(=O)c1cccs1. The van der Waals surface area contributed by atoms with Crippen molar-refractivity contribution in [2.45, 2.75) is 6.92 Å². The summed E-state index contributed by atoms with van der Waals surface area (Å²) in [5.74, 6) is -1.30. The van der Waals surface area contributed by atoms with Crippen LogP contribution in [0.3, 0.4) is 0 Å². The van der Waals surface area contributed by atoms with Gasteiger partial charge in [-0.25, -0.2) is 4.79 Å². The highest BCUT2D eigenvalue weighted by Crippen LogP contribution is 2.35. The Morgan fingerprint density at radius 3 is 2.66 bits per heavy atom. The molecule has 2 heterocycles. The van der Waals surface area contributed by atoms with Crippen LogP contribution in [0.1, 0.15) is 22.2 Å². The van der Waals surface area contributed by atoms with Gasteiger partial charge in [-0.3, -0.25) is 19.3 Å². The zero-order chi connectivity index (χ0) is 21.0. The number of nitrogens with zero attached hydrogens (tertiary/aromatic N) is 1. The van der Waals surface area contributed by atoms with Gasteiger partial charge in [0.15, 0.2) is 11.5 Å². The van der Waals surface area contributed by atoms with E-state index in [1.807, 2.05) is 0 Å². The lowest BCUT2D eigenvalue weighted by Gasteiger charge is -2.11. The Hall–Kier alpha value is -3.11. The fourth-order valence-electron chi connectivity index (χ4n) is 2.46. The van der Waals surface area contributed by atoms with Crippen LogP contribution < -0.4 is 15.2 Å². The van der Waals surface area contributed by atoms with Gasteiger partial charge < -0.3 is 15.2 Å². The van der Waals surface area contributed by atoms with Crippen LogP contribution in [0.5, 0.6) is 11.5 Å². The molecule has 0 spiro atoms. The van der Waals surface area contributed by atoms with Gasteiger partial charge >= 0.3 is 5.97 Å². The van der Waals surface area contributed by atoms with Gasteiger partial charge in [-0.15, -0.1) is 11.3 Å². The number of benzene rings is 1. The summed E-state index contributed by atoms with van der Waals surface area (Å²) in [6.45, 7) is 1.65. The number of hydrogen-bond donors (Lipinski definition) is 1. The van der Waals surface area contributed by atoms with Crippen molar-refractivity contribution in [3.8, 4) is 11.5 Å². The van der Waals surface area contributed by atoms with E-state index in [-0.39, 0.29) is 10.7 Å².